The van der Waals surface area contributed by atoms with Crippen molar-refractivity contribution in [2.24, 2.45) is 17.3 Å². The SMILES string of the molecule is COC[C@@]12C[C@@H]1[C@@H](C)C[C@@H]2OC. The lowest BCUT2D eigenvalue weighted by Crippen LogP contribution is -2.25. The quantitative estimate of drug-likeness (QED) is 0.641. The molecular formula is C10H18O2. The largest absolute Gasteiger partial charge is 0.384 e. The van der Waals surface area contributed by atoms with Crippen LogP contribution < -0.4 is 0 Å². The maximum absolute atomic E-state index is 5.51. The molecule has 0 saturated heterocycles. The van der Waals surface area contributed by atoms with E-state index >= 15 is 0 Å². The second-order valence-corrected chi connectivity index (χ2v) is 4.41. The first-order chi connectivity index (χ1) is 5.74. The van der Waals surface area contributed by atoms with E-state index in [1.807, 2.05) is 7.11 Å². The summed E-state index contributed by atoms with van der Waals surface area (Å²) < 4.78 is 10.8. The molecule has 2 aliphatic carbocycles. The van der Waals surface area contributed by atoms with Gasteiger partial charge in [-0.25, -0.2) is 0 Å². The minimum absolute atomic E-state index is 0.406. The summed E-state index contributed by atoms with van der Waals surface area (Å²) in [6.07, 6.45) is 3.00. The van der Waals surface area contributed by atoms with E-state index < -0.39 is 0 Å². The molecule has 4 atom stereocenters. The first-order valence-electron chi connectivity index (χ1n) is 4.76. The molecule has 2 fully saturated rings. The molecule has 12 heavy (non-hydrogen) atoms. The van der Waals surface area contributed by atoms with Gasteiger partial charge in [0.2, 0.25) is 0 Å². The van der Waals surface area contributed by atoms with Crippen LogP contribution in [0.5, 0.6) is 0 Å². The van der Waals surface area contributed by atoms with E-state index in [0.717, 1.165) is 18.4 Å². The second kappa shape index (κ2) is 2.71. The zero-order valence-corrected chi connectivity index (χ0v) is 8.17. The number of fused-ring (bicyclic) bond motifs is 1. The summed E-state index contributed by atoms with van der Waals surface area (Å²) in [4.78, 5) is 0. The third-order valence-electron chi connectivity index (χ3n) is 3.79. The van der Waals surface area contributed by atoms with Crippen LogP contribution in [-0.4, -0.2) is 26.9 Å². The molecule has 0 amide bonds. The van der Waals surface area contributed by atoms with Gasteiger partial charge < -0.3 is 9.47 Å². The van der Waals surface area contributed by atoms with Crippen molar-refractivity contribution in [2.75, 3.05) is 20.8 Å². The van der Waals surface area contributed by atoms with Crippen LogP contribution in [0.1, 0.15) is 19.8 Å². The van der Waals surface area contributed by atoms with Crippen LogP contribution >= 0.6 is 0 Å². The summed E-state index contributed by atoms with van der Waals surface area (Å²) in [5.74, 6) is 1.72. The summed E-state index contributed by atoms with van der Waals surface area (Å²) >= 11 is 0. The Balaban J connectivity index is 2.07. The van der Waals surface area contributed by atoms with Gasteiger partial charge in [-0.05, 0) is 24.7 Å². The number of hydrogen-bond donors (Lipinski definition) is 0. The van der Waals surface area contributed by atoms with E-state index in [1.165, 1.54) is 12.8 Å². The highest BCUT2D eigenvalue weighted by molar-refractivity contribution is 5.14. The highest BCUT2D eigenvalue weighted by Crippen LogP contribution is 2.66. The molecule has 0 aliphatic heterocycles. The summed E-state index contributed by atoms with van der Waals surface area (Å²) in [5, 5.41) is 0. The van der Waals surface area contributed by atoms with Crippen LogP contribution in [0.2, 0.25) is 0 Å². The van der Waals surface area contributed by atoms with E-state index in [9.17, 15) is 0 Å². The number of rotatable bonds is 3. The van der Waals surface area contributed by atoms with Crippen LogP contribution in [0.25, 0.3) is 0 Å². The summed E-state index contributed by atoms with van der Waals surface area (Å²) in [6.45, 7) is 3.22. The molecule has 0 spiro atoms. The van der Waals surface area contributed by atoms with Gasteiger partial charge in [-0.3, -0.25) is 0 Å². The van der Waals surface area contributed by atoms with E-state index in [-0.39, 0.29) is 0 Å². The van der Waals surface area contributed by atoms with Crippen molar-refractivity contribution in [1.29, 1.82) is 0 Å². The standard InChI is InChI=1S/C10H18O2/c1-7-4-9(12-3)10(6-11-2)5-8(7)10/h7-9H,4-6H2,1-3H3/t7-,8+,9-,10-/m0/s1. The third-order valence-corrected chi connectivity index (χ3v) is 3.79. The average molecular weight is 170 g/mol. The Labute approximate surface area is 74.2 Å². The maximum Gasteiger partial charge on any atom is 0.0655 e. The Bertz CT molecular complexity index is 181. The Hall–Kier alpha value is -0.0800. The third kappa shape index (κ3) is 0.944. The van der Waals surface area contributed by atoms with Gasteiger partial charge in [-0.1, -0.05) is 6.92 Å². The van der Waals surface area contributed by atoms with Gasteiger partial charge in [0.1, 0.15) is 0 Å². The molecule has 0 heterocycles. The lowest BCUT2D eigenvalue weighted by atomic mass is 10.0. The Morgan fingerprint density at radius 2 is 2.17 bits per heavy atom. The number of hydrogen-bond acceptors (Lipinski definition) is 2. The van der Waals surface area contributed by atoms with Crippen LogP contribution in [0.4, 0.5) is 0 Å². The Morgan fingerprint density at radius 1 is 1.42 bits per heavy atom. The average Bonchev–Trinajstić information content (AvgIpc) is 2.71. The zero-order valence-electron chi connectivity index (χ0n) is 8.17. The second-order valence-electron chi connectivity index (χ2n) is 4.41. The van der Waals surface area contributed by atoms with Crippen molar-refractivity contribution >= 4 is 0 Å². The summed E-state index contributed by atoms with van der Waals surface area (Å²) in [7, 11) is 3.62. The molecule has 70 valence electrons. The van der Waals surface area contributed by atoms with Crippen LogP contribution in [-0.2, 0) is 9.47 Å². The molecule has 2 nitrogen and oxygen atoms in total. The molecule has 0 bridgehead atoms. The van der Waals surface area contributed by atoms with Gasteiger partial charge in [-0.2, -0.15) is 0 Å². The van der Waals surface area contributed by atoms with Crippen LogP contribution in [0, 0.1) is 17.3 Å². The van der Waals surface area contributed by atoms with Gasteiger partial charge in [0.05, 0.1) is 12.7 Å². The molecule has 0 aromatic heterocycles. The molecule has 2 saturated carbocycles. The number of methoxy groups -OCH3 is 2. The minimum atomic E-state index is 0.406. The topological polar surface area (TPSA) is 18.5 Å². The summed E-state index contributed by atoms with van der Waals surface area (Å²) in [5.41, 5.74) is 0.406. The minimum Gasteiger partial charge on any atom is -0.384 e. The highest BCUT2D eigenvalue weighted by Gasteiger charge is 2.66. The molecule has 0 unspecified atom stereocenters. The van der Waals surface area contributed by atoms with Gasteiger partial charge >= 0.3 is 0 Å². The normalized spacial score (nSPS) is 50.8. The predicted octanol–water partition coefficient (Wildman–Crippen LogP) is 1.69. The van der Waals surface area contributed by atoms with Crippen LogP contribution in [0.15, 0.2) is 0 Å². The molecule has 0 N–H and O–H groups in total. The Kier molecular flexibility index (Phi) is 1.92. The van der Waals surface area contributed by atoms with Gasteiger partial charge in [-0.15, -0.1) is 0 Å². The highest BCUT2D eigenvalue weighted by atomic mass is 16.5. The first kappa shape index (κ1) is 8.52. The Morgan fingerprint density at radius 3 is 2.67 bits per heavy atom. The lowest BCUT2D eigenvalue weighted by Gasteiger charge is -2.20. The van der Waals surface area contributed by atoms with Crippen molar-refractivity contribution in [3.8, 4) is 0 Å². The van der Waals surface area contributed by atoms with Crippen molar-refractivity contribution in [3.05, 3.63) is 0 Å². The van der Waals surface area contributed by atoms with E-state index in [1.54, 1.807) is 7.11 Å². The monoisotopic (exact) mass is 170 g/mol. The number of ether oxygens (including phenoxy) is 2. The van der Waals surface area contributed by atoms with E-state index in [0.29, 0.717) is 11.5 Å². The van der Waals surface area contributed by atoms with Crippen molar-refractivity contribution in [1.82, 2.24) is 0 Å². The fourth-order valence-electron chi connectivity index (χ4n) is 3.08. The summed E-state index contributed by atoms with van der Waals surface area (Å²) in [6, 6.07) is 0. The van der Waals surface area contributed by atoms with Gasteiger partial charge in [0.15, 0.2) is 0 Å². The van der Waals surface area contributed by atoms with Crippen molar-refractivity contribution in [3.63, 3.8) is 0 Å². The van der Waals surface area contributed by atoms with Gasteiger partial charge in [0.25, 0.3) is 0 Å². The molecule has 2 heteroatoms. The van der Waals surface area contributed by atoms with E-state index in [2.05, 4.69) is 6.92 Å². The molecular weight excluding hydrogens is 152 g/mol. The smallest absolute Gasteiger partial charge is 0.0655 e. The molecule has 2 aliphatic rings. The maximum atomic E-state index is 5.51. The fourth-order valence-corrected chi connectivity index (χ4v) is 3.08. The zero-order chi connectivity index (χ0) is 8.77. The molecule has 2 rings (SSSR count). The molecule has 0 aromatic carbocycles. The van der Waals surface area contributed by atoms with Crippen molar-refractivity contribution < 1.29 is 9.47 Å². The van der Waals surface area contributed by atoms with Crippen LogP contribution in [0.3, 0.4) is 0 Å². The van der Waals surface area contributed by atoms with Gasteiger partial charge in [0, 0.05) is 19.6 Å². The predicted molar refractivity (Wildman–Crippen MR) is 47.0 cm³/mol. The lowest BCUT2D eigenvalue weighted by molar-refractivity contribution is 0.00800. The van der Waals surface area contributed by atoms with E-state index in [4.69, 9.17) is 9.47 Å². The fraction of sp³-hybridized carbons (Fsp3) is 1.00. The van der Waals surface area contributed by atoms with Crippen molar-refractivity contribution in [2.45, 2.75) is 25.9 Å². The molecule has 0 aromatic rings. The molecule has 0 radical (unpaired) electrons. The first-order valence-corrected chi connectivity index (χ1v) is 4.76.